The Hall–Kier alpha value is -3.15. The summed E-state index contributed by atoms with van der Waals surface area (Å²) in [6.07, 6.45) is 5.69. The van der Waals surface area contributed by atoms with Crippen LogP contribution in [0.15, 0.2) is 53.5 Å². The average molecular weight is 376 g/mol. The molecule has 0 radical (unpaired) electrons. The first kappa shape index (κ1) is 18.2. The fourth-order valence-corrected chi connectivity index (χ4v) is 3.73. The molecule has 28 heavy (non-hydrogen) atoms. The highest BCUT2D eigenvalue weighted by atomic mass is 16.2. The Balaban J connectivity index is 1.76. The van der Waals surface area contributed by atoms with Crippen molar-refractivity contribution in [3.8, 4) is 16.9 Å². The number of unbranched alkanes of at least 4 members (excludes halogenated alkanes) is 2. The van der Waals surface area contributed by atoms with Crippen LogP contribution in [0.3, 0.4) is 0 Å². The molecule has 0 saturated heterocycles. The number of fused-ring (bicyclic) bond motifs is 3. The number of pyridine rings is 1. The van der Waals surface area contributed by atoms with Gasteiger partial charge in [-0.1, -0.05) is 38.0 Å². The second kappa shape index (κ2) is 7.84. The van der Waals surface area contributed by atoms with Crippen molar-refractivity contribution < 1.29 is 4.79 Å². The molecule has 4 rings (SSSR count). The summed E-state index contributed by atoms with van der Waals surface area (Å²) in [6.45, 7) is 2.58. The number of nitrogens with one attached hydrogen (secondary N) is 1. The minimum Gasteiger partial charge on any atom is -0.296 e. The maximum atomic E-state index is 13.1. The minimum atomic E-state index is -0.0729. The molecule has 1 aliphatic heterocycles. The molecule has 0 unspecified atom stereocenters. The van der Waals surface area contributed by atoms with E-state index in [0.717, 1.165) is 36.2 Å². The summed E-state index contributed by atoms with van der Waals surface area (Å²) in [7, 11) is 0. The number of carbonyl (C=O) groups is 1. The van der Waals surface area contributed by atoms with Crippen molar-refractivity contribution in [3.05, 3.63) is 64.6 Å². The van der Waals surface area contributed by atoms with E-state index in [2.05, 4.69) is 17.0 Å². The van der Waals surface area contributed by atoms with Crippen LogP contribution in [0.25, 0.3) is 16.9 Å². The standard InChI is InChI=1S/C22H24N4O2/c1-2-3-5-12-19(27)25-15-13-18-20(17-11-8-14-23-21(17)25)24-26(22(18)28)16-9-6-4-7-10-16/h4,6-11,14,24H,2-3,5,12-13,15H2,1H3. The molecule has 0 atom stereocenters. The third kappa shape index (κ3) is 3.26. The largest absolute Gasteiger partial charge is 0.296 e. The van der Waals surface area contributed by atoms with Gasteiger partial charge in [-0.05, 0) is 37.1 Å². The molecule has 0 saturated carbocycles. The second-order valence-corrected chi connectivity index (χ2v) is 7.07. The molecular weight excluding hydrogens is 352 g/mol. The van der Waals surface area contributed by atoms with Crippen LogP contribution < -0.4 is 10.5 Å². The quantitative estimate of drug-likeness (QED) is 0.690. The van der Waals surface area contributed by atoms with Gasteiger partial charge in [0.25, 0.3) is 5.56 Å². The lowest BCUT2D eigenvalue weighted by atomic mass is 10.1. The summed E-state index contributed by atoms with van der Waals surface area (Å²) >= 11 is 0. The maximum absolute atomic E-state index is 13.1. The van der Waals surface area contributed by atoms with Crippen LogP contribution in [0.4, 0.5) is 5.82 Å². The van der Waals surface area contributed by atoms with Gasteiger partial charge in [0.2, 0.25) is 5.91 Å². The molecule has 0 spiro atoms. The Labute approximate surface area is 163 Å². The monoisotopic (exact) mass is 376 g/mol. The highest BCUT2D eigenvalue weighted by molar-refractivity contribution is 5.97. The van der Waals surface area contributed by atoms with Crippen LogP contribution in [-0.4, -0.2) is 27.2 Å². The fraction of sp³-hybridized carbons (Fsp3) is 0.318. The van der Waals surface area contributed by atoms with Gasteiger partial charge in [-0.15, -0.1) is 0 Å². The molecule has 3 heterocycles. The van der Waals surface area contributed by atoms with E-state index < -0.39 is 0 Å². The number of aromatic amines is 1. The van der Waals surface area contributed by atoms with Gasteiger partial charge in [0.1, 0.15) is 5.82 Å². The number of hydrogen-bond donors (Lipinski definition) is 1. The van der Waals surface area contributed by atoms with Crippen LogP contribution in [-0.2, 0) is 11.2 Å². The smallest absolute Gasteiger partial charge is 0.275 e. The zero-order valence-electron chi connectivity index (χ0n) is 16.0. The van der Waals surface area contributed by atoms with E-state index in [0.29, 0.717) is 30.8 Å². The number of amides is 1. The molecule has 0 fully saturated rings. The molecule has 1 amide bonds. The van der Waals surface area contributed by atoms with E-state index in [1.807, 2.05) is 42.5 Å². The molecular formula is C22H24N4O2. The van der Waals surface area contributed by atoms with Crippen molar-refractivity contribution in [1.82, 2.24) is 14.8 Å². The summed E-state index contributed by atoms with van der Waals surface area (Å²) in [6, 6.07) is 13.3. The predicted molar refractivity (Wildman–Crippen MR) is 110 cm³/mol. The van der Waals surface area contributed by atoms with Crippen LogP contribution in [0.5, 0.6) is 0 Å². The van der Waals surface area contributed by atoms with Crippen LogP contribution in [0, 0.1) is 0 Å². The van der Waals surface area contributed by atoms with E-state index >= 15 is 0 Å². The normalized spacial score (nSPS) is 13.0. The Morgan fingerprint density at radius 2 is 1.96 bits per heavy atom. The van der Waals surface area contributed by atoms with Crippen molar-refractivity contribution in [2.24, 2.45) is 0 Å². The van der Waals surface area contributed by atoms with Crippen molar-refractivity contribution >= 4 is 11.7 Å². The summed E-state index contributed by atoms with van der Waals surface area (Å²) in [5.41, 5.74) is 2.96. The summed E-state index contributed by atoms with van der Waals surface area (Å²) < 4.78 is 1.57. The number of para-hydroxylation sites is 1. The van der Waals surface area contributed by atoms with Gasteiger partial charge in [-0.3, -0.25) is 19.6 Å². The van der Waals surface area contributed by atoms with E-state index in [1.54, 1.807) is 15.8 Å². The SMILES string of the molecule is CCCCCC(=O)N1CCc2c([nH]n(-c3ccccc3)c2=O)-c2cccnc21. The predicted octanol–water partition coefficient (Wildman–Crippen LogP) is 3.70. The molecule has 1 aromatic carbocycles. The number of benzene rings is 1. The molecule has 0 aliphatic carbocycles. The number of carbonyl (C=O) groups excluding carboxylic acids is 1. The zero-order valence-corrected chi connectivity index (χ0v) is 16.0. The van der Waals surface area contributed by atoms with Crippen LogP contribution in [0.1, 0.15) is 38.2 Å². The summed E-state index contributed by atoms with van der Waals surface area (Å²) in [4.78, 5) is 32.1. The van der Waals surface area contributed by atoms with Crippen molar-refractivity contribution in [3.63, 3.8) is 0 Å². The summed E-state index contributed by atoms with van der Waals surface area (Å²) in [5.74, 6) is 0.700. The zero-order chi connectivity index (χ0) is 19.5. The fourth-order valence-electron chi connectivity index (χ4n) is 3.73. The molecule has 0 bridgehead atoms. The maximum Gasteiger partial charge on any atom is 0.275 e. The second-order valence-electron chi connectivity index (χ2n) is 7.07. The first-order chi connectivity index (χ1) is 13.7. The number of rotatable bonds is 5. The minimum absolute atomic E-state index is 0.0712. The van der Waals surface area contributed by atoms with Crippen molar-refractivity contribution in [1.29, 1.82) is 0 Å². The van der Waals surface area contributed by atoms with E-state index in [9.17, 15) is 9.59 Å². The third-order valence-electron chi connectivity index (χ3n) is 5.19. The summed E-state index contributed by atoms with van der Waals surface area (Å²) in [5, 5.41) is 3.25. The van der Waals surface area contributed by atoms with Gasteiger partial charge < -0.3 is 0 Å². The first-order valence-electron chi connectivity index (χ1n) is 9.85. The highest BCUT2D eigenvalue weighted by Gasteiger charge is 2.28. The number of hydrogen-bond acceptors (Lipinski definition) is 3. The molecule has 6 nitrogen and oxygen atoms in total. The van der Waals surface area contributed by atoms with E-state index in [-0.39, 0.29) is 11.5 Å². The highest BCUT2D eigenvalue weighted by Crippen LogP contribution is 2.33. The van der Waals surface area contributed by atoms with Crippen molar-refractivity contribution in [2.45, 2.75) is 39.0 Å². The Morgan fingerprint density at radius 1 is 1.14 bits per heavy atom. The first-order valence-corrected chi connectivity index (χ1v) is 9.85. The number of nitrogens with zero attached hydrogens (tertiary/aromatic N) is 3. The van der Waals surface area contributed by atoms with Gasteiger partial charge in [0.05, 0.1) is 11.4 Å². The van der Waals surface area contributed by atoms with Crippen molar-refractivity contribution in [2.75, 3.05) is 11.4 Å². The number of aromatic nitrogens is 3. The average Bonchev–Trinajstić information content (AvgIpc) is 2.96. The van der Waals surface area contributed by atoms with Gasteiger partial charge in [-0.25, -0.2) is 9.67 Å². The van der Waals surface area contributed by atoms with Crippen LogP contribution >= 0.6 is 0 Å². The van der Waals surface area contributed by atoms with E-state index in [4.69, 9.17) is 0 Å². The lowest BCUT2D eigenvalue weighted by Crippen LogP contribution is -2.33. The van der Waals surface area contributed by atoms with Gasteiger partial charge in [-0.2, -0.15) is 0 Å². The molecule has 3 aromatic rings. The topological polar surface area (TPSA) is 71.0 Å². The number of H-pyrrole nitrogens is 1. The number of anilines is 1. The lowest BCUT2D eigenvalue weighted by molar-refractivity contribution is -0.118. The van der Waals surface area contributed by atoms with Gasteiger partial charge in [0, 0.05) is 30.3 Å². The van der Waals surface area contributed by atoms with E-state index in [1.165, 1.54) is 0 Å². The van der Waals surface area contributed by atoms with Gasteiger partial charge in [0.15, 0.2) is 0 Å². The third-order valence-corrected chi connectivity index (χ3v) is 5.19. The lowest BCUT2D eigenvalue weighted by Gasteiger charge is -2.21. The molecule has 6 heteroatoms. The molecule has 1 N–H and O–H groups in total. The van der Waals surface area contributed by atoms with Crippen LogP contribution in [0.2, 0.25) is 0 Å². The van der Waals surface area contributed by atoms with Gasteiger partial charge >= 0.3 is 0 Å². The Kier molecular flexibility index (Phi) is 5.10. The Morgan fingerprint density at radius 3 is 2.75 bits per heavy atom. The molecule has 2 aromatic heterocycles. The Bertz CT molecular complexity index is 1040. The molecule has 144 valence electrons. The molecule has 1 aliphatic rings.